The van der Waals surface area contributed by atoms with Gasteiger partial charge in [-0.2, -0.15) is 0 Å². The van der Waals surface area contributed by atoms with Crippen molar-refractivity contribution < 1.29 is 4.74 Å². The quantitative estimate of drug-likeness (QED) is 0.701. The Balaban J connectivity index is 2.30. The van der Waals surface area contributed by atoms with Gasteiger partial charge >= 0.3 is 0 Å². The van der Waals surface area contributed by atoms with Crippen LogP contribution >= 0.6 is 0 Å². The molecule has 0 unspecified atom stereocenters. The van der Waals surface area contributed by atoms with E-state index in [9.17, 15) is 0 Å². The van der Waals surface area contributed by atoms with E-state index in [1.54, 1.807) is 0 Å². The Hall–Kier alpha value is -1.24. The fourth-order valence-electron chi connectivity index (χ4n) is 1.89. The van der Waals surface area contributed by atoms with Gasteiger partial charge in [-0.15, -0.1) is 0 Å². The van der Waals surface area contributed by atoms with Crippen molar-refractivity contribution in [1.29, 1.82) is 0 Å². The van der Waals surface area contributed by atoms with Crippen molar-refractivity contribution in [2.45, 2.75) is 32.1 Å². The van der Waals surface area contributed by atoms with Gasteiger partial charge in [0.25, 0.3) is 0 Å². The summed E-state index contributed by atoms with van der Waals surface area (Å²) in [5.41, 5.74) is 2.62. The zero-order valence-corrected chi connectivity index (χ0v) is 9.33. The molecule has 0 saturated heterocycles. The van der Waals surface area contributed by atoms with E-state index in [2.05, 4.69) is 25.6 Å². The Bertz CT molecular complexity index is 350. The highest BCUT2D eigenvalue weighted by Gasteiger charge is 2.28. The van der Waals surface area contributed by atoms with Gasteiger partial charge in [-0.25, -0.2) is 0 Å². The molecule has 1 nitrogen and oxygen atoms in total. The largest absolute Gasteiger partial charge is 0.493 e. The van der Waals surface area contributed by atoms with Crippen molar-refractivity contribution in [3.63, 3.8) is 0 Å². The van der Waals surface area contributed by atoms with Gasteiger partial charge in [-0.1, -0.05) is 31.7 Å². The Labute approximate surface area is 91.8 Å². The fraction of sp³-hybridized carbons (Fsp3) is 0.429. The summed E-state index contributed by atoms with van der Waals surface area (Å²) < 4.78 is 5.78. The fourth-order valence-corrected chi connectivity index (χ4v) is 1.89. The molecule has 0 spiro atoms. The summed E-state index contributed by atoms with van der Waals surface area (Å²) >= 11 is 0. The Morgan fingerprint density at radius 2 is 2.27 bits per heavy atom. The highest BCUT2D eigenvalue weighted by molar-refractivity contribution is 5.59. The Morgan fingerprint density at radius 1 is 1.47 bits per heavy atom. The maximum Gasteiger partial charge on any atom is 0.123 e. The van der Waals surface area contributed by atoms with Crippen LogP contribution in [0.4, 0.5) is 0 Å². The second-order valence-electron chi connectivity index (χ2n) is 4.09. The highest BCUT2D eigenvalue weighted by atomic mass is 16.5. The molecule has 0 bridgehead atoms. The van der Waals surface area contributed by atoms with Crippen molar-refractivity contribution in [2.24, 2.45) is 0 Å². The van der Waals surface area contributed by atoms with Crippen LogP contribution in [-0.2, 0) is 0 Å². The van der Waals surface area contributed by atoms with E-state index in [1.807, 2.05) is 12.1 Å². The maximum atomic E-state index is 5.78. The van der Waals surface area contributed by atoms with Crippen molar-refractivity contribution in [1.82, 2.24) is 0 Å². The molecule has 0 radical (unpaired) electrons. The maximum absolute atomic E-state index is 5.78. The van der Waals surface area contributed by atoms with Gasteiger partial charge in [0, 0.05) is 5.56 Å². The van der Waals surface area contributed by atoms with Crippen LogP contribution in [0, 0.1) is 0 Å². The lowest BCUT2D eigenvalue weighted by atomic mass is 10.0. The smallest absolute Gasteiger partial charge is 0.123 e. The standard InChI is InChI=1S/C14H18O/c1-3-10-15-13-7-5-6-11(4-2)14(13)12-8-9-12/h4-7,12H,2-3,8-10H2,1H3. The van der Waals surface area contributed by atoms with E-state index < -0.39 is 0 Å². The molecular formula is C14H18O. The molecule has 1 aliphatic rings. The number of ether oxygens (including phenoxy) is 1. The van der Waals surface area contributed by atoms with Crippen LogP contribution in [0.3, 0.4) is 0 Å². The average molecular weight is 202 g/mol. The molecule has 15 heavy (non-hydrogen) atoms. The molecule has 1 saturated carbocycles. The highest BCUT2D eigenvalue weighted by Crippen LogP contribution is 2.46. The SMILES string of the molecule is C=Cc1cccc(OCCC)c1C1CC1. The minimum Gasteiger partial charge on any atom is -0.493 e. The van der Waals surface area contributed by atoms with Gasteiger partial charge in [-0.3, -0.25) is 0 Å². The molecule has 1 aromatic carbocycles. The summed E-state index contributed by atoms with van der Waals surface area (Å²) in [6.07, 6.45) is 5.59. The first-order valence-corrected chi connectivity index (χ1v) is 5.75. The first-order chi connectivity index (χ1) is 7.36. The Morgan fingerprint density at radius 3 is 2.87 bits per heavy atom. The molecule has 0 amide bonds. The van der Waals surface area contributed by atoms with Gasteiger partial charge in [-0.05, 0) is 36.8 Å². The third-order valence-corrected chi connectivity index (χ3v) is 2.77. The summed E-state index contributed by atoms with van der Waals surface area (Å²) in [7, 11) is 0. The third kappa shape index (κ3) is 2.23. The number of hydrogen-bond acceptors (Lipinski definition) is 1. The first kappa shape index (κ1) is 10.3. The summed E-state index contributed by atoms with van der Waals surface area (Å²) in [4.78, 5) is 0. The lowest BCUT2D eigenvalue weighted by Crippen LogP contribution is -1.99. The van der Waals surface area contributed by atoms with E-state index in [1.165, 1.54) is 24.0 Å². The summed E-state index contributed by atoms with van der Waals surface area (Å²) in [6.45, 7) is 6.81. The molecule has 0 aliphatic heterocycles. The molecule has 1 heteroatoms. The van der Waals surface area contributed by atoms with E-state index in [0.29, 0.717) is 5.92 Å². The van der Waals surface area contributed by atoms with Crippen LogP contribution < -0.4 is 4.74 Å². The van der Waals surface area contributed by atoms with Gasteiger partial charge in [0.15, 0.2) is 0 Å². The molecule has 0 atom stereocenters. The second-order valence-corrected chi connectivity index (χ2v) is 4.09. The number of rotatable bonds is 5. The summed E-state index contributed by atoms with van der Waals surface area (Å²) in [5, 5.41) is 0. The first-order valence-electron chi connectivity index (χ1n) is 5.75. The number of hydrogen-bond donors (Lipinski definition) is 0. The Kier molecular flexibility index (Phi) is 3.10. The topological polar surface area (TPSA) is 9.23 Å². The molecule has 1 aromatic rings. The zero-order chi connectivity index (χ0) is 10.7. The van der Waals surface area contributed by atoms with Crippen LogP contribution in [0.5, 0.6) is 5.75 Å². The van der Waals surface area contributed by atoms with Crippen LogP contribution in [0.1, 0.15) is 43.2 Å². The van der Waals surface area contributed by atoms with Crippen LogP contribution in [0.2, 0.25) is 0 Å². The monoisotopic (exact) mass is 202 g/mol. The van der Waals surface area contributed by atoms with Gasteiger partial charge < -0.3 is 4.74 Å². The van der Waals surface area contributed by atoms with E-state index >= 15 is 0 Å². The van der Waals surface area contributed by atoms with Crippen molar-refractivity contribution in [3.8, 4) is 5.75 Å². The number of benzene rings is 1. The molecular weight excluding hydrogens is 184 g/mol. The average Bonchev–Trinajstić information content (AvgIpc) is 3.09. The van der Waals surface area contributed by atoms with E-state index in [4.69, 9.17) is 4.74 Å². The predicted octanol–water partition coefficient (Wildman–Crippen LogP) is 4.00. The van der Waals surface area contributed by atoms with Crippen molar-refractivity contribution in [3.05, 3.63) is 35.9 Å². The predicted molar refractivity (Wildman–Crippen MR) is 64.3 cm³/mol. The van der Waals surface area contributed by atoms with Gasteiger partial charge in [0.05, 0.1) is 6.61 Å². The summed E-state index contributed by atoms with van der Waals surface area (Å²) in [5.74, 6) is 1.78. The molecule has 0 N–H and O–H groups in total. The molecule has 1 aliphatic carbocycles. The minimum absolute atomic E-state index is 0.714. The van der Waals surface area contributed by atoms with Crippen LogP contribution in [-0.4, -0.2) is 6.61 Å². The van der Waals surface area contributed by atoms with E-state index in [-0.39, 0.29) is 0 Å². The van der Waals surface area contributed by atoms with Gasteiger partial charge in [0.2, 0.25) is 0 Å². The minimum atomic E-state index is 0.714. The molecule has 1 fully saturated rings. The van der Waals surface area contributed by atoms with Crippen LogP contribution in [0.25, 0.3) is 6.08 Å². The lowest BCUT2D eigenvalue weighted by molar-refractivity contribution is 0.314. The van der Waals surface area contributed by atoms with Crippen molar-refractivity contribution in [2.75, 3.05) is 6.61 Å². The second kappa shape index (κ2) is 4.52. The normalized spacial score (nSPS) is 15.0. The van der Waals surface area contributed by atoms with Gasteiger partial charge in [0.1, 0.15) is 5.75 Å². The molecule has 0 aromatic heterocycles. The van der Waals surface area contributed by atoms with Crippen molar-refractivity contribution >= 4 is 6.08 Å². The third-order valence-electron chi connectivity index (χ3n) is 2.77. The van der Waals surface area contributed by atoms with Crippen LogP contribution in [0.15, 0.2) is 24.8 Å². The molecule has 2 rings (SSSR count). The molecule has 80 valence electrons. The zero-order valence-electron chi connectivity index (χ0n) is 9.33. The van der Waals surface area contributed by atoms with E-state index in [0.717, 1.165) is 18.8 Å². The molecule has 0 heterocycles. The summed E-state index contributed by atoms with van der Waals surface area (Å²) in [6, 6.07) is 6.25. The lowest BCUT2D eigenvalue weighted by Gasteiger charge is -2.12.